The van der Waals surface area contributed by atoms with Crippen LogP contribution in [0.1, 0.15) is 19.8 Å². The molecular weight excluding hydrogens is 250 g/mol. The van der Waals surface area contributed by atoms with Crippen molar-refractivity contribution in [3.8, 4) is 0 Å². The monoisotopic (exact) mass is 269 g/mol. The molecule has 90 valence electrons. The summed E-state index contributed by atoms with van der Waals surface area (Å²) in [7, 11) is 0. The van der Waals surface area contributed by atoms with Crippen LogP contribution in [0, 0.1) is 0 Å². The maximum Gasteiger partial charge on any atom is 0.325 e. The molecule has 0 aliphatic heterocycles. The van der Waals surface area contributed by atoms with E-state index in [1.54, 1.807) is 11.8 Å². The maximum absolute atomic E-state index is 11.5. The van der Waals surface area contributed by atoms with Crippen LogP contribution in [-0.4, -0.2) is 34.7 Å². The molecule has 0 saturated carbocycles. The van der Waals surface area contributed by atoms with E-state index in [-0.39, 0.29) is 10.7 Å². The highest BCUT2D eigenvalue weighted by molar-refractivity contribution is 7.99. The molecule has 0 fully saturated rings. The topological polar surface area (TPSA) is 52.3 Å². The van der Waals surface area contributed by atoms with Crippen LogP contribution in [0.2, 0.25) is 0 Å². The molecule has 0 aromatic rings. The van der Waals surface area contributed by atoms with Crippen LogP contribution >= 0.6 is 37.0 Å². The number of nitrogens with two attached hydrogens (primary N) is 1. The van der Waals surface area contributed by atoms with Gasteiger partial charge < -0.3 is 10.5 Å². The quantitative estimate of drug-likeness (QED) is 0.373. The molecule has 6 heteroatoms. The summed E-state index contributed by atoms with van der Waals surface area (Å²) in [5.74, 6) is 0.308. The van der Waals surface area contributed by atoms with E-state index >= 15 is 0 Å². The summed E-state index contributed by atoms with van der Waals surface area (Å²) in [4.78, 5) is 11.5. The van der Waals surface area contributed by atoms with E-state index in [1.165, 1.54) is 0 Å². The Kier molecular flexibility index (Phi) is 8.89. The first-order valence-corrected chi connectivity index (χ1v) is 7.26. The number of thioether (sulfide) groups is 1. The average Bonchev–Trinajstić information content (AvgIpc) is 2.17. The highest BCUT2D eigenvalue weighted by Gasteiger charge is 2.24. The summed E-state index contributed by atoms with van der Waals surface area (Å²) >= 11 is 9.98. The summed E-state index contributed by atoms with van der Waals surface area (Å²) in [5, 5.41) is -0.172. The van der Waals surface area contributed by atoms with E-state index in [9.17, 15) is 4.79 Å². The number of carbonyl (C=O) groups is 1. The van der Waals surface area contributed by atoms with Crippen LogP contribution < -0.4 is 5.73 Å². The number of hydrogen-bond donors (Lipinski definition) is 3. The van der Waals surface area contributed by atoms with Crippen LogP contribution in [0.3, 0.4) is 0 Å². The molecule has 0 aliphatic carbocycles. The molecule has 0 aromatic heterocycles. The maximum atomic E-state index is 11.5. The van der Waals surface area contributed by atoms with Gasteiger partial charge in [0.2, 0.25) is 0 Å². The van der Waals surface area contributed by atoms with Gasteiger partial charge in [0.05, 0.1) is 0 Å². The molecule has 3 atom stereocenters. The smallest absolute Gasteiger partial charge is 0.325 e. The van der Waals surface area contributed by atoms with Crippen LogP contribution in [0.5, 0.6) is 0 Å². The summed E-state index contributed by atoms with van der Waals surface area (Å²) in [6.45, 7) is 2.01. The SMILES string of the molecule is CCCC(S)OC(=O)C(N)C(S)CSC. The third-order valence-corrected chi connectivity index (χ3v) is 3.62. The van der Waals surface area contributed by atoms with Gasteiger partial charge in [-0.05, 0) is 12.7 Å². The van der Waals surface area contributed by atoms with Gasteiger partial charge in [0.25, 0.3) is 0 Å². The van der Waals surface area contributed by atoms with Crippen molar-refractivity contribution in [2.75, 3.05) is 12.0 Å². The minimum absolute atomic E-state index is 0.172. The second-order valence-corrected chi connectivity index (χ2v) is 5.38. The first kappa shape index (κ1) is 15.5. The number of ether oxygens (including phenoxy) is 1. The minimum Gasteiger partial charge on any atom is -0.450 e. The lowest BCUT2D eigenvalue weighted by Gasteiger charge is -2.19. The molecule has 0 rings (SSSR count). The lowest BCUT2D eigenvalue weighted by atomic mass is 10.2. The molecule has 3 nitrogen and oxygen atoms in total. The zero-order valence-corrected chi connectivity index (χ0v) is 11.7. The zero-order valence-electron chi connectivity index (χ0n) is 9.05. The molecule has 15 heavy (non-hydrogen) atoms. The predicted molar refractivity (Wildman–Crippen MR) is 72.9 cm³/mol. The standard InChI is InChI=1S/C9H19NO2S3/c1-3-4-7(14)12-9(11)8(10)6(13)5-15-2/h6-8,13-14H,3-5,10H2,1-2H3. The Labute approximate surface area is 107 Å². The number of hydrogen-bond acceptors (Lipinski definition) is 6. The molecule has 0 amide bonds. The van der Waals surface area contributed by atoms with Gasteiger partial charge in [-0.15, -0.1) is 12.6 Å². The number of rotatable bonds is 7. The van der Waals surface area contributed by atoms with Crippen LogP contribution in [0.25, 0.3) is 0 Å². The Morgan fingerprint density at radius 1 is 1.53 bits per heavy atom. The van der Waals surface area contributed by atoms with Gasteiger partial charge in [-0.25, -0.2) is 0 Å². The van der Waals surface area contributed by atoms with E-state index in [0.717, 1.165) is 18.6 Å². The summed E-state index contributed by atoms with van der Waals surface area (Å²) in [6, 6.07) is -0.674. The van der Waals surface area contributed by atoms with Gasteiger partial charge in [0.15, 0.2) is 0 Å². The van der Waals surface area contributed by atoms with Crippen molar-refractivity contribution in [2.45, 2.75) is 36.5 Å². The highest BCUT2D eigenvalue weighted by atomic mass is 32.2. The third-order valence-electron chi connectivity index (χ3n) is 1.81. The molecule has 0 spiro atoms. The van der Waals surface area contributed by atoms with Gasteiger partial charge in [0.1, 0.15) is 11.5 Å². The number of thiol groups is 2. The fourth-order valence-corrected chi connectivity index (χ4v) is 2.43. The first-order chi connectivity index (χ1) is 7.02. The number of carbonyl (C=O) groups excluding carboxylic acids is 1. The van der Waals surface area contributed by atoms with Crippen LogP contribution in [-0.2, 0) is 9.53 Å². The van der Waals surface area contributed by atoms with Crippen LogP contribution in [0.4, 0.5) is 0 Å². The summed E-state index contributed by atoms with van der Waals surface area (Å²) in [5.41, 5.74) is 5.34. The molecule has 0 bridgehead atoms. The lowest BCUT2D eigenvalue weighted by molar-refractivity contribution is -0.146. The Bertz CT molecular complexity index is 192. The predicted octanol–water partition coefficient (Wildman–Crippen LogP) is 1.57. The van der Waals surface area contributed by atoms with Crippen molar-refractivity contribution in [3.63, 3.8) is 0 Å². The molecule has 0 radical (unpaired) electrons. The fourth-order valence-electron chi connectivity index (χ4n) is 0.950. The van der Waals surface area contributed by atoms with Gasteiger partial charge >= 0.3 is 5.97 Å². The van der Waals surface area contributed by atoms with E-state index in [2.05, 4.69) is 25.3 Å². The van der Waals surface area contributed by atoms with Crippen molar-refractivity contribution in [1.82, 2.24) is 0 Å². The normalized spacial score (nSPS) is 16.9. The fraction of sp³-hybridized carbons (Fsp3) is 0.889. The first-order valence-electron chi connectivity index (χ1n) is 4.84. The Morgan fingerprint density at radius 2 is 2.13 bits per heavy atom. The van der Waals surface area contributed by atoms with E-state index in [0.29, 0.717) is 0 Å². The Morgan fingerprint density at radius 3 is 2.60 bits per heavy atom. The van der Waals surface area contributed by atoms with Crippen molar-refractivity contribution in [2.24, 2.45) is 5.73 Å². The molecular formula is C9H19NO2S3. The molecule has 2 N–H and O–H groups in total. The molecule has 0 heterocycles. The van der Waals surface area contributed by atoms with Crippen molar-refractivity contribution in [1.29, 1.82) is 0 Å². The molecule has 0 aromatic carbocycles. The van der Waals surface area contributed by atoms with Crippen molar-refractivity contribution in [3.05, 3.63) is 0 Å². The van der Waals surface area contributed by atoms with E-state index < -0.39 is 12.0 Å². The van der Waals surface area contributed by atoms with Gasteiger partial charge in [0, 0.05) is 11.0 Å². The van der Waals surface area contributed by atoms with Gasteiger partial charge in [-0.1, -0.05) is 13.3 Å². The lowest BCUT2D eigenvalue weighted by Crippen LogP contribution is -2.42. The minimum atomic E-state index is -0.674. The van der Waals surface area contributed by atoms with Gasteiger partial charge in [-0.3, -0.25) is 4.79 Å². The largest absolute Gasteiger partial charge is 0.450 e. The van der Waals surface area contributed by atoms with Crippen LogP contribution in [0.15, 0.2) is 0 Å². The van der Waals surface area contributed by atoms with E-state index in [1.807, 2.05) is 13.2 Å². The third kappa shape index (κ3) is 6.60. The zero-order chi connectivity index (χ0) is 11.8. The Hall–Kier alpha value is 0.480. The van der Waals surface area contributed by atoms with Gasteiger partial charge in [-0.2, -0.15) is 24.4 Å². The van der Waals surface area contributed by atoms with Crippen molar-refractivity contribution < 1.29 is 9.53 Å². The van der Waals surface area contributed by atoms with Crippen molar-refractivity contribution >= 4 is 43.0 Å². The van der Waals surface area contributed by atoms with E-state index in [4.69, 9.17) is 10.5 Å². The molecule has 0 aliphatic rings. The number of esters is 1. The average molecular weight is 269 g/mol. The summed E-state index contributed by atoms with van der Waals surface area (Å²) in [6.07, 6.45) is 3.60. The Balaban J connectivity index is 3.97. The highest BCUT2D eigenvalue weighted by Crippen LogP contribution is 2.12. The summed E-state index contributed by atoms with van der Waals surface area (Å²) < 4.78 is 5.06. The molecule has 0 saturated heterocycles. The second-order valence-electron chi connectivity index (χ2n) is 3.23. The molecule has 3 unspecified atom stereocenters. The second kappa shape index (κ2) is 8.61.